The second-order valence-corrected chi connectivity index (χ2v) is 5.37. The molecule has 0 saturated carbocycles. The van der Waals surface area contributed by atoms with E-state index in [9.17, 15) is 4.39 Å². The SMILES string of the molecule is CNCc1cc(F)cnc1N1CCCC(N(C)C)C1. The summed E-state index contributed by atoms with van der Waals surface area (Å²) in [4.78, 5) is 8.84. The lowest BCUT2D eigenvalue weighted by Crippen LogP contribution is -2.45. The van der Waals surface area contributed by atoms with Crippen molar-refractivity contribution in [3.63, 3.8) is 0 Å². The number of hydrogen-bond donors (Lipinski definition) is 1. The van der Waals surface area contributed by atoms with Gasteiger partial charge in [-0.3, -0.25) is 0 Å². The average Bonchev–Trinajstić information content (AvgIpc) is 2.39. The minimum atomic E-state index is -0.268. The Kier molecular flexibility index (Phi) is 4.71. The summed E-state index contributed by atoms with van der Waals surface area (Å²) in [7, 11) is 6.09. The molecule has 0 aliphatic carbocycles. The zero-order valence-electron chi connectivity index (χ0n) is 12.0. The molecule has 0 amide bonds. The van der Waals surface area contributed by atoms with E-state index in [0.717, 1.165) is 30.9 Å². The van der Waals surface area contributed by atoms with Crippen molar-refractivity contribution in [2.45, 2.75) is 25.4 Å². The average molecular weight is 266 g/mol. The van der Waals surface area contributed by atoms with Crippen molar-refractivity contribution >= 4 is 5.82 Å². The smallest absolute Gasteiger partial charge is 0.141 e. The maximum absolute atomic E-state index is 13.3. The van der Waals surface area contributed by atoms with Crippen molar-refractivity contribution in [1.29, 1.82) is 0 Å². The third-order valence-corrected chi connectivity index (χ3v) is 3.70. The van der Waals surface area contributed by atoms with Crippen LogP contribution in [0.15, 0.2) is 12.3 Å². The van der Waals surface area contributed by atoms with Gasteiger partial charge in [-0.25, -0.2) is 9.37 Å². The van der Waals surface area contributed by atoms with E-state index in [0.29, 0.717) is 12.6 Å². The normalized spacial score (nSPS) is 20.1. The summed E-state index contributed by atoms with van der Waals surface area (Å²) in [5.74, 6) is 0.650. The van der Waals surface area contributed by atoms with E-state index in [1.807, 2.05) is 7.05 Å². The molecule has 1 fully saturated rings. The lowest BCUT2D eigenvalue weighted by Gasteiger charge is -2.37. The Morgan fingerprint density at radius 2 is 2.32 bits per heavy atom. The minimum Gasteiger partial charge on any atom is -0.355 e. The zero-order chi connectivity index (χ0) is 13.8. The first-order valence-electron chi connectivity index (χ1n) is 6.82. The van der Waals surface area contributed by atoms with Crippen LogP contribution >= 0.6 is 0 Å². The molecule has 106 valence electrons. The molecule has 0 aromatic carbocycles. The summed E-state index contributed by atoms with van der Waals surface area (Å²) in [6.07, 6.45) is 3.68. The number of piperidine rings is 1. The molecular formula is C14H23FN4. The van der Waals surface area contributed by atoms with Gasteiger partial charge >= 0.3 is 0 Å². The molecule has 4 nitrogen and oxygen atoms in total. The molecule has 5 heteroatoms. The number of rotatable bonds is 4. The van der Waals surface area contributed by atoms with E-state index in [-0.39, 0.29) is 5.82 Å². The van der Waals surface area contributed by atoms with Crippen LogP contribution in [-0.4, -0.2) is 50.2 Å². The highest BCUT2D eigenvalue weighted by atomic mass is 19.1. The van der Waals surface area contributed by atoms with E-state index in [1.165, 1.54) is 12.6 Å². The number of halogens is 1. The van der Waals surface area contributed by atoms with Gasteiger partial charge in [0.05, 0.1) is 6.20 Å². The molecule has 1 atom stereocenters. The molecule has 1 aromatic rings. The highest BCUT2D eigenvalue weighted by Crippen LogP contribution is 2.23. The number of pyridine rings is 1. The first kappa shape index (κ1) is 14.2. The Hall–Kier alpha value is -1.20. The van der Waals surface area contributed by atoms with Crippen molar-refractivity contribution in [3.05, 3.63) is 23.6 Å². The third-order valence-electron chi connectivity index (χ3n) is 3.70. The lowest BCUT2D eigenvalue weighted by atomic mass is 10.0. The van der Waals surface area contributed by atoms with Gasteiger partial charge in [0.15, 0.2) is 0 Å². The van der Waals surface area contributed by atoms with Crippen molar-refractivity contribution in [2.75, 3.05) is 39.1 Å². The molecule has 1 aromatic heterocycles. The zero-order valence-corrected chi connectivity index (χ0v) is 12.0. The molecule has 2 rings (SSSR count). The molecule has 1 aliphatic rings. The predicted octanol–water partition coefficient (Wildman–Crippen LogP) is 1.47. The number of aromatic nitrogens is 1. The van der Waals surface area contributed by atoms with E-state index < -0.39 is 0 Å². The van der Waals surface area contributed by atoms with Crippen molar-refractivity contribution in [3.8, 4) is 0 Å². The van der Waals surface area contributed by atoms with Crippen LogP contribution in [0.1, 0.15) is 18.4 Å². The van der Waals surface area contributed by atoms with Gasteiger partial charge in [-0.05, 0) is 40.1 Å². The molecule has 0 spiro atoms. The number of anilines is 1. The van der Waals surface area contributed by atoms with Gasteiger partial charge in [0.2, 0.25) is 0 Å². The van der Waals surface area contributed by atoms with Crippen LogP contribution in [0.5, 0.6) is 0 Å². The monoisotopic (exact) mass is 266 g/mol. The van der Waals surface area contributed by atoms with Crippen LogP contribution in [0.4, 0.5) is 10.2 Å². The molecule has 2 heterocycles. The first-order chi connectivity index (χ1) is 9.11. The topological polar surface area (TPSA) is 31.4 Å². The quantitative estimate of drug-likeness (QED) is 0.894. The van der Waals surface area contributed by atoms with Crippen LogP contribution in [0.3, 0.4) is 0 Å². The predicted molar refractivity (Wildman–Crippen MR) is 75.9 cm³/mol. The van der Waals surface area contributed by atoms with E-state index in [2.05, 4.69) is 34.2 Å². The van der Waals surface area contributed by atoms with Gasteiger partial charge in [-0.15, -0.1) is 0 Å². The number of nitrogens with one attached hydrogen (secondary N) is 1. The van der Waals surface area contributed by atoms with Gasteiger partial charge in [0.25, 0.3) is 0 Å². The molecule has 0 radical (unpaired) electrons. The Balaban J connectivity index is 2.20. The van der Waals surface area contributed by atoms with Crippen LogP contribution in [0.2, 0.25) is 0 Å². The van der Waals surface area contributed by atoms with Gasteiger partial charge in [-0.2, -0.15) is 0 Å². The fourth-order valence-electron chi connectivity index (χ4n) is 2.65. The maximum Gasteiger partial charge on any atom is 0.141 e. The maximum atomic E-state index is 13.3. The van der Waals surface area contributed by atoms with Crippen LogP contribution in [0.25, 0.3) is 0 Å². The van der Waals surface area contributed by atoms with Crippen LogP contribution in [-0.2, 0) is 6.54 Å². The summed E-state index contributed by atoms with van der Waals surface area (Å²) in [5.41, 5.74) is 0.932. The molecule has 1 aliphatic heterocycles. The Bertz CT molecular complexity index is 422. The number of likely N-dealkylation sites (N-methyl/N-ethyl adjacent to an activating group) is 1. The Morgan fingerprint density at radius 1 is 1.53 bits per heavy atom. The molecule has 1 N–H and O–H groups in total. The highest BCUT2D eigenvalue weighted by molar-refractivity contribution is 5.47. The lowest BCUT2D eigenvalue weighted by molar-refractivity contribution is 0.257. The summed E-state index contributed by atoms with van der Waals surface area (Å²) in [6.45, 7) is 2.60. The molecule has 1 saturated heterocycles. The molecule has 1 unspecified atom stereocenters. The summed E-state index contributed by atoms with van der Waals surface area (Å²) in [6, 6.07) is 2.13. The summed E-state index contributed by atoms with van der Waals surface area (Å²) in [5, 5.41) is 3.08. The van der Waals surface area contributed by atoms with E-state index >= 15 is 0 Å². The molecule has 19 heavy (non-hydrogen) atoms. The highest BCUT2D eigenvalue weighted by Gasteiger charge is 2.23. The largest absolute Gasteiger partial charge is 0.355 e. The number of hydrogen-bond acceptors (Lipinski definition) is 4. The third kappa shape index (κ3) is 3.42. The van der Waals surface area contributed by atoms with E-state index in [4.69, 9.17) is 0 Å². The Labute approximate surface area is 114 Å². The van der Waals surface area contributed by atoms with Gasteiger partial charge < -0.3 is 15.1 Å². The van der Waals surface area contributed by atoms with Gasteiger partial charge in [-0.1, -0.05) is 0 Å². The second-order valence-electron chi connectivity index (χ2n) is 5.37. The summed E-state index contributed by atoms with van der Waals surface area (Å²) >= 11 is 0. The van der Waals surface area contributed by atoms with Gasteiger partial charge in [0, 0.05) is 31.2 Å². The van der Waals surface area contributed by atoms with Crippen LogP contribution in [0, 0.1) is 5.82 Å². The first-order valence-corrected chi connectivity index (χ1v) is 6.82. The summed E-state index contributed by atoms with van der Waals surface area (Å²) < 4.78 is 13.3. The fourth-order valence-corrected chi connectivity index (χ4v) is 2.65. The van der Waals surface area contributed by atoms with E-state index in [1.54, 1.807) is 6.07 Å². The second kappa shape index (κ2) is 6.30. The number of nitrogens with zero attached hydrogens (tertiary/aromatic N) is 3. The molecule has 0 bridgehead atoms. The minimum absolute atomic E-state index is 0.268. The van der Waals surface area contributed by atoms with Crippen LogP contribution < -0.4 is 10.2 Å². The standard InChI is InChI=1S/C14H23FN4/c1-16-8-11-7-12(15)9-17-14(11)19-6-4-5-13(10-19)18(2)3/h7,9,13,16H,4-6,8,10H2,1-3H3. The van der Waals surface area contributed by atoms with Crippen molar-refractivity contribution in [1.82, 2.24) is 15.2 Å². The fraction of sp³-hybridized carbons (Fsp3) is 0.643. The van der Waals surface area contributed by atoms with Crippen molar-refractivity contribution in [2.24, 2.45) is 0 Å². The van der Waals surface area contributed by atoms with Crippen molar-refractivity contribution < 1.29 is 4.39 Å². The molecular weight excluding hydrogens is 243 g/mol. The Morgan fingerprint density at radius 3 is 3.00 bits per heavy atom. The van der Waals surface area contributed by atoms with Gasteiger partial charge in [0.1, 0.15) is 11.6 Å².